The highest BCUT2D eigenvalue weighted by Crippen LogP contribution is 2.30. The van der Waals surface area contributed by atoms with Gasteiger partial charge in [-0.15, -0.1) is 0 Å². The molecule has 0 atom stereocenters. The van der Waals surface area contributed by atoms with E-state index in [1.165, 1.54) is 5.56 Å². The van der Waals surface area contributed by atoms with Gasteiger partial charge in [0, 0.05) is 43.0 Å². The number of carbonyl (C=O) groups is 2. The summed E-state index contributed by atoms with van der Waals surface area (Å²) in [7, 11) is 0. The van der Waals surface area contributed by atoms with Gasteiger partial charge in [-0.05, 0) is 59.9 Å². The molecule has 1 aliphatic rings. The monoisotopic (exact) mass is 489 g/mol. The minimum atomic E-state index is -0.169. The molecule has 0 saturated carbocycles. The lowest BCUT2D eigenvalue weighted by atomic mass is 9.87. The van der Waals surface area contributed by atoms with E-state index in [2.05, 4.69) is 31.0 Å². The molecule has 4 rings (SSSR count). The molecular formula is C29H32ClN3O2. The predicted octanol–water partition coefficient (Wildman–Crippen LogP) is 6.16. The largest absolute Gasteiger partial charge is 0.367 e. The summed E-state index contributed by atoms with van der Waals surface area (Å²) in [5.41, 5.74) is 5.13. The van der Waals surface area contributed by atoms with Gasteiger partial charge in [0.2, 0.25) is 0 Å². The van der Waals surface area contributed by atoms with Crippen molar-refractivity contribution in [2.24, 2.45) is 0 Å². The van der Waals surface area contributed by atoms with Crippen LogP contribution in [0.25, 0.3) is 0 Å². The number of halogens is 1. The molecular weight excluding hydrogens is 458 g/mol. The Labute approximate surface area is 212 Å². The molecule has 1 aliphatic heterocycles. The molecule has 0 radical (unpaired) electrons. The zero-order valence-electron chi connectivity index (χ0n) is 20.8. The van der Waals surface area contributed by atoms with E-state index in [0.717, 1.165) is 16.8 Å². The standard InChI is InChI=1S/C29H32ClN3O2/c1-20-7-5-6-8-24(20)28(35)33-17-15-32(16-18-33)26-14-13-23(19-25(26)30)31-27(34)21-9-11-22(12-10-21)29(2,3)4/h5-14,19H,15-18H2,1-4H3,(H,31,34). The van der Waals surface area contributed by atoms with Crippen LogP contribution in [-0.2, 0) is 5.41 Å². The normalized spacial score (nSPS) is 14.1. The quantitative estimate of drug-likeness (QED) is 0.477. The molecule has 35 heavy (non-hydrogen) atoms. The van der Waals surface area contributed by atoms with Crippen molar-refractivity contribution in [2.45, 2.75) is 33.1 Å². The third-order valence-corrected chi connectivity index (χ3v) is 6.80. The molecule has 0 aliphatic carbocycles. The third-order valence-electron chi connectivity index (χ3n) is 6.50. The van der Waals surface area contributed by atoms with E-state index < -0.39 is 0 Å². The average Bonchev–Trinajstić information content (AvgIpc) is 2.84. The maximum absolute atomic E-state index is 12.9. The van der Waals surface area contributed by atoms with E-state index in [0.29, 0.717) is 42.5 Å². The molecule has 6 heteroatoms. The molecule has 5 nitrogen and oxygen atoms in total. The van der Waals surface area contributed by atoms with Crippen LogP contribution in [0.1, 0.15) is 52.6 Å². The molecule has 1 heterocycles. The minimum Gasteiger partial charge on any atom is -0.367 e. The van der Waals surface area contributed by atoms with Crippen LogP contribution in [0.5, 0.6) is 0 Å². The van der Waals surface area contributed by atoms with E-state index in [1.54, 1.807) is 6.07 Å². The van der Waals surface area contributed by atoms with Crippen molar-refractivity contribution in [2.75, 3.05) is 36.4 Å². The van der Waals surface area contributed by atoms with Gasteiger partial charge < -0.3 is 15.1 Å². The number of amides is 2. The highest BCUT2D eigenvalue weighted by atomic mass is 35.5. The van der Waals surface area contributed by atoms with Crippen molar-refractivity contribution >= 4 is 34.8 Å². The lowest BCUT2D eigenvalue weighted by Gasteiger charge is -2.36. The highest BCUT2D eigenvalue weighted by molar-refractivity contribution is 6.33. The molecule has 1 fully saturated rings. The molecule has 0 aromatic heterocycles. The van der Waals surface area contributed by atoms with Crippen LogP contribution >= 0.6 is 11.6 Å². The number of hydrogen-bond donors (Lipinski definition) is 1. The van der Waals surface area contributed by atoms with E-state index in [9.17, 15) is 9.59 Å². The molecule has 0 unspecified atom stereocenters. The number of benzene rings is 3. The molecule has 0 bridgehead atoms. The van der Waals surface area contributed by atoms with Gasteiger partial charge in [-0.2, -0.15) is 0 Å². The SMILES string of the molecule is Cc1ccccc1C(=O)N1CCN(c2ccc(NC(=O)c3ccc(C(C)(C)C)cc3)cc2Cl)CC1. The van der Waals surface area contributed by atoms with Crippen molar-refractivity contribution in [1.29, 1.82) is 0 Å². The Hall–Kier alpha value is -3.31. The Bertz CT molecular complexity index is 1220. The topological polar surface area (TPSA) is 52.7 Å². The lowest BCUT2D eigenvalue weighted by molar-refractivity contribution is 0.0746. The van der Waals surface area contributed by atoms with Gasteiger partial charge in [-0.1, -0.05) is 62.7 Å². The summed E-state index contributed by atoms with van der Waals surface area (Å²) >= 11 is 6.61. The Balaban J connectivity index is 1.38. The minimum absolute atomic E-state index is 0.0393. The number of hydrogen-bond acceptors (Lipinski definition) is 3. The summed E-state index contributed by atoms with van der Waals surface area (Å²) in [6.45, 7) is 11.1. The zero-order chi connectivity index (χ0) is 25.2. The van der Waals surface area contributed by atoms with Gasteiger partial charge in [-0.25, -0.2) is 0 Å². The molecule has 3 aromatic carbocycles. The maximum atomic E-state index is 12.9. The second-order valence-electron chi connectivity index (χ2n) is 10.0. The summed E-state index contributed by atoms with van der Waals surface area (Å²) in [5.74, 6) is -0.0972. The summed E-state index contributed by atoms with van der Waals surface area (Å²) in [5, 5.41) is 3.51. The maximum Gasteiger partial charge on any atom is 0.255 e. The molecule has 3 aromatic rings. The summed E-state index contributed by atoms with van der Waals surface area (Å²) in [4.78, 5) is 29.7. The number of piperazine rings is 1. The average molecular weight is 490 g/mol. The number of carbonyl (C=O) groups excluding carboxylic acids is 2. The number of nitrogens with one attached hydrogen (secondary N) is 1. The van der Waals surface area contributed by atoms with Crippen LogP contribution in [0.4, 0.5) is 11.4 Å². The first kappa shape index (κ1) is 24.8. The van der Waals surface area contributed by atoms with Gasteiger partial charge in [0.05, 0.1) is 10.7 Å². The van der Waals surface area contributed by atoms with Crippen molar-refractivity contribution in [3.05, 3.63) is 94.0 Å². The van der Waals surface area contributed by atoms with Crippen molar-refractivity contribution in [1.82, 2.24) is 4.90 Å². The fourth-order valence-corrected chi connectivity index (χ4v) is 4.60. The number of rotatable bonds is 4. The molecule has 1 N–H and O–H groups in total. The third kappa shape index (κ3) is 5.68. The van der Waals surface area contributed by atoms with Crippen molar-refractivity contribution < 1.29 is 9.59 Å². The van der Waals surface area contributed by atoms with Crippen molar-refractivity contribution in [3.63, 3.8) is 0 Å². The van der Waals surface area contributed by atoms with Crippen LogP contribution in [-0.4, -0.2) is 42.9 Å². The van der Waals surface area contributed by atoms with Crippen LogP contribution in [0.3, 0.4) is 0 Å². The highest BCUT2D eigenvalue weighted by Gasteiger charge is 2.24. The smallest absolute Gasteiger partial charge is 0.255 e. The molecule has 0 spiro atoms. The summed E-state index contributed by atoms with van der Waals surface area (Å²) in [6, 6.07) is 21.0. The lowest BCUT2D eigenvalue weighted by Crippen LogP contribution is -2.49. The fourth-order valence-electron chi connectivity index (χ4n) is 4.30. The fraction of sp³-hybridized carbons (Fsp3) is 0.310. The summed E-state index contributed by atoms with van der Waals surface area (Å²) < 4.78 is 0. The van der Waals surface area contributed by atoms with Crippen LogP contribution < -0.4 is 10.2 Å². The van der Waals surface area contributed by atoms with Gasteiger partial charge in [0.15, 0.2) is 0 Å². The van der Waals surface area contributed by atoms with Gasteiger partial charge in [-0.3, -0.25) is 9.59 Å². The van der Waals surface area contributed by atoms with E-state index in [4.69, 9.17) is 11.6 Å². The van der Waals surface area contributed by atoms with Gasteiger partial charge in [0.25, 0.3) is 11.8 Å². The van der Waals surface area contributed by atoms with E-state index in [-0.39, 0.29) is 17.2 Å². The zero-order valence-corrected chi connectivity index (χ0v) is 21.5. The van der Waals surface area contributed by atoms with Gasteiger partial charge in [0.1, 0.15) is 0 Å². The second kappa shape index (κ2) is 10.1. The number of aryl methyl sites for hydroxylation is 1. The van der Waals surface area contributed by atoms with Crippen LogP contribution in [0.15, 0.2) is 66.7 Å². The first-order valence-electron chi connectivity index (χ1n) is 11.9. The van der Waals surface area contributed by atoms with Crippen molar-refractivity contribution in [3.8, 4) is 0 Å². The Morgan fingerprint density at radius 3 is 2.14 bits per heavy atom. The van der Waals surface area contributed by atoms with Gasteiger partial charge >= 0.3 is 0 Å². The Morgan fingerprint density at radius 2 is 1.54 bits per heavy atom. The first-order valence-corrected chi connectivity index (χ1v) is 12.3. The number of anilines is 2. The van der Waals surface area contributed by atoms with Crippen LogP contribution in [0.2, 0.25) is 5.02 Å². The molecule has 182 valence electrons. The first-order chi connectivity index (χ1) is 16.6. The Kier molecular flexibility index (Phi) is 7.18. The predicted molar refractivity (Wildman–Crippen MR) is 144 cm³/mol. The summed E-state index contributed by atoms with van der Waals surface area (Å²) in [6.07, 6.45) is 0. The van der Waals surface area contributed by atoms with E-state index in [1.807, 2.05) is 72.5 Å². The molecule has 2 amide bonds. The van der Waals surface area contributed by atoms with Crippen LogP contribution in [0, 0.1) is 6.92 Å². The second-order valence-corrected chi connectivity index (χ2v) is 10.4. The Morgan fingerprint density at radius 1 is 0.886 bits per heavy atom. The number of nitrogens with zero attached hydrogens (tertiary/aromatic N) is 2. The van der Waals surface area contributed by atoms with E-state index >= 15 is 0 Å². The molecule has 1 saturated heterocycles.